The number of fused-ring (bicyclic) bond motifs is 1. The van der Waals surface area contributed by atoms with E-state index in [1.807, 2.05) is 53.4 Å². The van der Waals surface area contributed by atoms with Crippen molar-refractivity contribution in [3.63, 3.8) is 0 Å². The number of ether oxygens (including phenoxy) is 1. The highest BCUT2D eigenvalue weighted by Gasteiger charge is 2.36. The number of aromatic nitrogens is 2. The van der Waals surface area contributed by atoms with Crippen LogP contribution in [0, 0.1) is 0 Å². The second-order valence-electron chi connectivity index (χ2n) is 9.15. The molecule has 5 rings (SSSR count). The van der Waals surface area contributed by atoms with Crippen LogP contribution >= 0.6 is 11.6 Å². The van der Waals surface area contributed by atoms with Crippen LogP contribution in [0.4, 0.5) is 0 Å². The molecule has 2 atom stereocenters. The average molecular weight is 488 g/mol. The average Bonchev–Trinajstić information content (AvgIpc) is 3.45. The summed E-state index contributed by atoms with van der Waals surface area (Å²) in [6.45, 7) is 4.30. The fourth-order valence-corrected chi connectivity index (χ4v) is 5.05. The van der Waals surface area contributed by atoms with Crippen molar-refractivity contribution in [2.45, 2.75) is 44.7 Å². The molecule has 0 spiro atoms. The van der Waals surface area contributed by atoms with Crippen molar-refractivity contribution in [2.75, 3.05) is 13.2 Å². The topological polar surface area (TPSA) is 47.4 Å². The first-order chi connectivity index (χ1) is 17.1. The molecule has 0 N–H and O–H groups in total. The van der Waals surface area contributed by atoms with Gasteiger partial charge in [-0.05, 0) is 61.7 Å². The zero-order valence-electron chi connectivity index (χ0n) is 19.9. The molecule has 1 amide bonds. The maximum absolute atomic E-state index is 13.0. The molecule has 1 aliphatic rings. The summed E-state index contributed by atoms with van der Waals surface area (Å²) >= 11 is 5.95. The van der Waals surface area contributed by atoms with Crippen LogP contribution in [0.25, 0.3) is 11.0 Å². The van der Waals surface area contributed by atoms with Crippen LogP contribution in [-0.4, -0.2) is 33.5 Å². The minimum Gasteiger partial charge on any atom is -0.494 e. The largest absolute Gasteiger partial charge is 0.494 e. The summed E-state index contributed by atoms with van der Waals surface area (Å²) < 4.78 is 8.17. The number of unbranched alkanes of at least 4 members (excludes halogenated alkanes) is 1. The molecule has 6 heteroatoms. The Hall–Kier alpha value is -3.31. The minimum absolute atomic E-state index is 0.0524. The highest BCUT2D eigenvalue weighted by atomic mass is 35.5. The molecule has 1 saturated heterocycles. The molecule has 180 valence electrons. The van der Waals surface area contributed by atoms with Crippen molar-refractivity contribution in [1.29, 1.82) is 0 Å². The molecule has 0 radical (unpaired) electrons. The molecule has 4 aromatic rings. The fourth-order valence-electron chi connectivity index (χ4n) is 4.92. The van der Waals surface area contributed by atoms with Gasteiger partial charge in [0.2, 0.25) is 5.91 Å². The summed E-state index contributed by atoms with van der Waals surface area (Å²) in [7, 11) is 0. The number of carbonyl (C=O) groups is 1. The zero-order valence-corrected chi connectivity index (χ0v) is 20.7. The molecular formula is C29H30ClN3O2. The fraction of sp³-hybridized carbons (Fsp3) is 0.310. The van der Waals surface area contributed by atoms with E-state index >= 15 is 0 Å². The van der Waals surface area contributed by atoms with Crippen molar-refractivity contribution in [2.24, 2.45) is 0 Å². The number of imidazole rings is 1. The molecule has 1 fully saturated rings. The normalized spacial score (nSPS) is 16.7. The number of rotatable bonds is 9. The van der Waals surface area contributed by atoms with E-state index in [1.54, 1.807) is 0 Å². The lowest BCUT2D eigenvalue weighted by Crippen LogP contribution is -2.28. The van der Waals surface area contributed by atoms with Gasteiger partial charge in [-0.3, -0.25) is 4.79 Å². The van der Waals surface area contributed by atoms with E-state index in [0.717, 1.165) is 47.6 Å². The molecule has 5 nitrogen and oxygen atoms in total. The van der Waals surface area contributed by atoms with Gasteiger partial charge >= 0.3 is 0 Å². The lowest BCUT2D eigenvalue weighted by Gasteiger charge is -2.25. The van der Waals surface area contributed by atoms with Crippen LogP contribution in [0.1, 0.15) is 49.5 Å². The van der Waals surface area contributed by atoms with Crippen LogP contribution < -0.4 is 4.74 Å². The van der Waals surface area contributed by atoms with E-state index in [1.165, 1.54) is 0 Å². The van der Waals surface area contributed by atoms with Crippen molar-refractivity contribution < 1.29 is 9.53 Å². The molecule has 2 unspecified atom stereocenters. The van der Waals surface area contributed by atoms with Crippen LogP contribution in [0.15, 0.2) is 78.9 Å². The number of aryl methyl sites for hydroxylation is 1. The lowest BCUT2D eigenvalue weighted by atomic mass is 10.1. The molecule has 35 heavy (non-hydrogen) atoms. The number of carbonyl (C=O) groups excluding carboxylic acids is 1. The number of halogens is 1. The number of para-hydroxylation sites is 2. The van der Waals surface area contributed by atoms with Gasteiger partial charge in [0, 0.05) is 30.5 Å². The Bertz CT molecular complexity index is 1290. The predicted octanol–water partition coefficient (Wildman–Crippen LogP) is 6.63. The Labute approximate surface area is 211 Å². The molecule has 3 aromatic carbocycles. The van der Waals surface area contributed by atoms with E-state index < -0.39 is 0 Å². The van der Waals surface area contributed by atoms with Crippen molar-refractivity contribution >= 4 is 28.5 Å². The Kier molecular flexibility index (Phi) is 7.05. The Morgan fingerprint density at radius 2 is 1.74 bits per heavy atom. The predicted molar refractivity (Wildman–Crippen MR) is 140 cm³/mol. The van der Waals surface area contributed by atoms with Crippen molar-refractivity contribution in [1.82, 2.24) is 14.5 Å². The number of nitrogens with zero attached hydrogens (tertiary/aromatic N) is 3. The molecule has 1 aliphatic heterocycles. The van der Waals surface area contributed by atoms with Crippen LogP contribution in [0.2, 0.25) is 5.02 Å². The van der Waals surface area contributed by atoms with E-state index in [0.29, 0.717) is 24.6 Å². The number of benzene rings is 3. The van der Waals surface area contributed by atoms with Gasteiger partial charge in [-0.25, -0.2) is 4.98 Å². The monoisotopic (exact) mass is 487 g/mol. The van der Waals surface area contributed by atoms with Crippen LogP contribution in [0.5, 0.6) is 5.75 Å². The second-order valence-corrected chi connectivity index (χ2v) is 9.59. The Morgan fingerprint density at radius 3 is 2.54 bits per heavy atom. The first-order valence-corrected chi connectivity index (χ1v) is 12.7. The van der Waals surface area contributed by atoms with Crippen LogP contribution in [-0.2, 0) is 11.3 Å². The zero-order chi connectivity index (χ0) is 24.2. The van der Waals surface area contributed by atoms with Gasteiger partial charge in [0.25, 0.3) is 0 Å². The highest BCUT2D eigenvalue weighted by molar-refractivity contribution is 6.30. The first kappa shape index (κ1) is 23.4. The third-order valence-electron chi connectivity index (χ3n) is 6.82. The summed E-state index contributed by atoms with van der Waals surface area (Å²) in [5.74, 6) is 2.13. The number of likely N-dealkylation sites (tertiary alicyclic amines) is 1. The Morgan fingerprint density at radius 1 is 1.00 bits per heavy atom. The first-order valence-electron chi connectivity index (χ1n) is 12.3. The van der Waals surface area contributed by atoms with E-state index in [9.17, 15) is 4.79 Å². The SMILES string of the molecule is CC(c1ccccc1)N1CC(c2nc3ccccc3n2CCCCOc2ccc(Cl)cc2)CC1=O. The van der Waals surface area contributed by atoms with E-state index in [-0.39, 0.29) is 17.9 Å². The molecule has 0 bridgehead atoms. The second kappa shape index (κ2) is 10.5. The van der Waals surface area contributed by atoms with Crippen LogP contribution in [0.3, 0.4) is 0 Å². The van der Waals surface area contributed by atoms with Gasteiger partial charge < -0.3 is 14.2 Å². The molecule has 1 aromatic heterocycles. The van der Waals surface area contributed by atoms with Gasteiger partial charge in [-0.1, -0.05) is 54.1 Å². The maximum Gasteiger partial charge on any atom is 0.223 e. The minimum atomic E-state index is 0.0524. The summed E-state index contributed by atoms with van der Waals surface area (Å²) in [6, 6.07) is 26.0. The van der Waals surface area contributed by atoms with Crippen molar-refractivity contribution in [3.05, 3.63) is 95.3 Å². The standard InChI is InChI=1S/C29H30ClN3O2/c1-21(22-9-3-2-4-10-22)33-20-23(19-28(33)34)29-31-26-11-5-6-12-27(26)32(29)17-7-8-18-35-25-15-13-24(30)14-16-25/h2-6,9-16,21,23H,7-8,17-20H2,1H3. The van der Waals surface area contributed by atoms with Gasteiger partial charge in [-0.15, -0.1) is 0 Å². The lowest BCUT2D eigenvalue weighted by molar-refractivity contribution is -0.129. The van der Waals surface area contributed by atoms with Crippen molar-refractivity contribution in [3.8, 4) is 5.75 Å². The Balaban J connectivity index is 1.28. The smallest absolute Gasteiger partial charge is 0.223 e. The van der Waals surface area contributed by atoms with Gasteiger partial charge in [-0.2, -0.15) is 0 Å². The summed E-state index contributed by atoms with van der Waals surface area (Å²) in [5.41, 5.74) is 3.28. The summed E-state index contributed by atoms with van der Waals surface area (Å²) in [5, 5.41) is 0.707. The van der Waals surface area contributed by atoms with Gasteiger partial charge in [0.15, 0.2) is 0 Å². The quantitative estimate of drug-likeness (QED) is 0.249. The molecule has 2 heterocycles. The summed E-state index contributed by atoms with van der Waals surface area (Å²) in [6.07, 6.45) is 2.39. The van der Waals surface area contributed by atoms with Gasteiger partial charge in [0.1, 0.15) is 11.6 Å². The molecular weight excluding hydrogens is 458 g/mol. The maximum atomic E-state index is 13.0. The van der Waals surface area contributed by atoms with E-state index in [4.69, 9.17) is 21.3 Å². The number of amides is 1. The number of hydrogen-bond donors (Lipinski definition) is 0. The van der Waals surface area contributed by atoms with Gasteiger partial charge in [0.05, 0.1) is 23.7 Å². The third kappa shape index (κ3) is 5.20. The number of hydrogen-bond acceptors (Lipinski definition) is 3. The van der Waals surface area contributed by atoms with E-state index in [2.05, 4.69) is 41.8 Å². The molecule has 0 saturated carbocycles. The highest BCUT2D eigenvalue weighted by Crippen LogP contribution is 2.35. The summed E-state index contributed by atoms with van der Waals surface area (Å²) in [4.78, 5) is 20.0. The molecule has 0 aliphatic carbocycles. The third-order valence-corrected chi connectivity index (χ3v) is 7.07.